The summed E-state index contributed by atoms with van der Waals surface area (Å²) in [6.07, 6.45) is -8.47. The molecule has 1 amide bonds. The number of alkyl halides is 6. The van der Waals surface area contributed by atoms with Crippen LogP contribution in [0.2, 0.25) is 0 Å². The minimum absolute atomic E-state index is 0.0916. The number of sulfonamides is 1. The van der Waals surface area contributed by atoms with E-state index in [0.717, 1.165) is 15.4 Å². The van der Waals surface area contributed by atoms with Crippen molar-refractivity contribution in [2.75, 3.05) is 6.54 Å². The van der Waals surface area contributed by atoms with E-state index in [2.05, 4.69) is 5.32 Å². The maximum atomic E-state index is 13.7. The Hall–Kier alpha value is -3.38. The van der Waals surface area contributed by atoms with E-state index in [1.165, 1.54) is 0 Å². The lowest BCUT2D eigenvalue weighted by molar-refractivity contribution is -0.143. The van der Waals surface area contributed by atoms with Crippen molar-refractivity contribution in [2.45, 2.75) is 62.9 Å². The first-order valence-corrected chi connectivity index (χ1v) is 15.2. The van der Waals surface area contributed by atoms with Gasteiger partial charge in [0.2, 0.25) is 15.9 Å². The van der Waals surface area contributed by atoms with Crippen LogP contribution in [0.1, 0.15) is 53.5 Å². The normalized spacial score (nSPS) is 18.0. The van der Waals surface area contributed by atoms with Gasteiger partial charge in [-0.3, -0.25) is 4.79 Å². The zero-order valence-corrected chi connectivity index (χ0v) is 24.2. The lowest BCUT2D eigenvalue weighted by atomic mass is 9.81. The van der Waals surface area contributed by atoms with Gasteiger partial charge in [0.1, 0.15) is 0 Å². The van der Waals surface area contributed by atoms with Gasteiger partial charge in [-0.1, -0.05) is 60.2 Å². The first-order chi connectivity index (χ1) is 20.1. The fourth-order valence-electron chi connectivity index (χ4n) is 5.19. The Kier molecular flexibility index (Phi) is 9.90. The van der Waals surface area contributed by atoms with Crippen molar-refractivity contribution in [2.24, 2.45) is 11.8 Å². The third kappa shape index (κ3) is 8.60. The summed E-state index contributed by atoms with van der Waals surface area (Å²) in [5, 5.41) is 2.93. The van der Waals surface area contributed by atoms with Crippen molar-refractivity contribution in [1.82, 2.24) is 9.62 Å². The molecule has 4 rings (SSSR count). The predicted octanol–water partition coefficient (Wildman–Crippen LogP) is 7.35. The fourth-order valence-corrected chi connectivity index (χ4v) is 6.77. The standard InChI is InChI=1S/C31H32F6N2O3S/c1-21-7-9-22(10-8-21)18-38-29(40)25-13-11-24(12-14-25)20-39(19-23-5-3-2-4-6-23)43(41,42)28-16-26(30(32,33)34)15-27(17-28)31(35,36)37/h2-10,15-17,24-25H,11-14,18-20H2,1H3,(H,38,40). The van der Waals surface area contributed by atoms with Crippen LogP contribution in [0.4, 0.5) is 26.3 Å². The van der Waals surface area contributed by atoms with Gasteiger partial charge >= 0.3 is 12.4 Å². The van der Waals surface area contributed by atoms with Crippen LogP contribution in [0, 0.1) is 18.8 Å². The Morgan fingerprint density at radius 3 is 1.91 bits per heavy atom. The van der Waals surface area contributed by atoms with Gasteiger partial charge < -0.3 is 5.32 Å². The number of halogens is 6. The summed E-state index contributed by atoms with van der Waals surface area (Å²) in [5.41, 5.74) is -0.808. The lowest BCUT2D eigenvalue weighted by Gasteiger charge is -2.32. The Balaban J connectivity index is 1.52. The molecule has 0 aliphatic heterocycles. The van der Waals surface area contributed by atoms with Gasteiger partial charge in [-0.25, -0.2) is 8.42 Å². The van der Waals surface area contributed by atoms with Gasteiger partial charge in [-0.15, -0.1) is 0 Å². The van der Waals surface area contributed by atoms with Crippen molar-refractivity contribution in [3.8, 4) is 0 Å². The molecule has 0 heterocycles. The third-order valence-electron chi connectivity index (χ3n) is 7.67. The zero-order valence-electron chi connectivity index (χ0n) is 23.4. The molecule has 1 N–H and O–H groups in total. The van der Waals surface area contributed by atoms with Crippen molar-refractivity contribution in [1.29, 1.82) is 0 Å². The molecule has 1 aliphatic rings. The van der Waals surface area contributed by atoms with E-state index in [4.69, 9.17) is 0 Å². The molecule has 43 heavy (non-hydrogen) atoms. The van der Waals surface area contributed by atoms with Gasteiger partial charge in [0.25, 0.3) is 0 Å². The van der Waals surface area contributed by atoms with Crippen LogP contribution in [0.15, 0.2) is 77.7 Å². The third-order valence-corrected chi connectivity index (χ3v) is 9.46. The molecule has 1 aliphatic carbocycles. The number of amides is 1. The summed E-state index contributed by atoms with van der Waals surface area (Å²) in [6.45, 7) is 1.98. The Bertz CT molecular complexity index is 1470. The van der Waals surface area contributed by atoms with Crippen molar-refractivity contribution < 1.29 is 39.6 Å². The van der Waals surface area contributed by atoms with E-state index in [-0.39, 0.29) is 49.0 Å². The van der Waals surface area contributed by atoms with E-state index >= 15 is 0 Å². The van der Waals surface area contributed by atoms with Crippen LogP contribution in [-0.4, -0.2) is 25.2 Å². The number of hydrogen-bond donors (Lipinski definition) is 1. The summed E-state index contributed by atoms with van der Waals surface area (Å²) in [6, 6.07) is 16.4. The molecule has 0 atom stereocenters. The van der Waals surface area contributed by atoms with E-state index in [9.17, 15) is 39.6 Å². The van der Waals surface area contributed by atoms with E-state index in [1.54, 1.807) is 30.3 Å². The summed E-state index contributed by atoms with van der Waals surface area (Å²) < 4.78 is 109. The fraction of sp³-hybridized carbons (Fsp3) is 0.387. The highest BCUT2D eigenvalue weighted by atomic mass is 32.2. The van der Waals surface area contributed by atoms with Crippen LogP contribution >= 0.6 is 0 Å². The summed E-state index contributed by atoms with van der Waals surface area (Å²) in [5.74, 6) is -0.636. The maximum Gasteiger partial charge on any atom is 0.416 e. The number of aryl methyl sites for hydroxylation is 1. The van der Waals surface area contributed by atoms with Crippen molar-refractivity contribution >= 4 is 15.9 Å². The topological polar surface area (TPSA) is 66.5 Å². The molecule has 0 unspecified atom stereocenters. The minimum atomic E-state index is -5.19. The predicted molar refractivity (Wildman–Crippen MR) is 149 cm³/mol. The van der Waals surface area contributed by atoms with Gasteiger partial charge in [-0.2, -0.15) is 30.6 Å². The Morgan fingerprint density at radius 2 is 1.37 bits per heavy atom. The van der Waals surface area contributed by atoms with Gasteiger partial charge in [0, 0.05) is 25.6 Å². The molecule has 0 radical (unpaired) electrons. The minimum Gasteiger partial charge on any atom is -0.352 e. The second-order valence-corrected chi connectivity index (χ2v) is 12.9. The molecule has 0 saturated heterocycles. The van der Waals surface area contributed by atoms with Gasteiger partial charge in [0.05, 0.1) is 16.0 Å². The Morgan fingerprint density at radius 1 is 0.814 bits per heavy atom. The quantitative estimate of drug-likeness (QED) is 0.253. The number of hydrogen-bond acceptors (Lipinski definition) is 3. The molecule has 3 aromatic carbocycles. The number of rotatable bonds is 9. The SMILES string of the molecule is Cc1ccc(CNC(=O)C2CCC(CN(Cc3ccccc3)S(=O)(=O)c3cc(C(F)(F)F)cc(C(F)(F)F)c3)CC2)cc1. The van der Waals surface area contributed by atoms with E-state index < -0.39 is 38.4 Å². The van der Waals surface area contributed by atoms with Crippen LogP contribution in [-0.2, 0) is 40.3 Å². The number of carbonyl (C=O) groups excluding carboxylic acids is 1. The summed E-state index contributed by atoms with van der Waals surface area (Å²) >= 11 is 0. The van der Waals surface area contributed by atoms with Crippen molar-refractivity contribution in [3.63, 3.8) is 0 Å². The summed E-state index contributed by atoms with van der Waals surface area (Å²) in [7, 11) is -4.78. The summed E-state index contributed by atoms with van der Waals surface area (Å²) in [4.78, 5) is 11.7. The average Bonchev–Trinajstić information content (AvgIpc) is 2.96. The molecule has 3 aromatic rings. The highest BCUT2D eigenvalue weighted by Crippen LogP contribution is 2.38. The van der Waals surface area contributed by atoms with Crippen LogP contribution in [0.25, 0.3) is 0 Å². The highest BCUT2D eigenvalue weighted by molar-refractivity contribution is 7.89. The molecule has 0 aromatic heterocycles. The van der Waals surface area contributed by atoms with Crippen molar-refractivity contribution in [3.05, 3.63) is 101 Å². The zero-order chi connectivity index (χ0) is 31.4. The first kappa shape index (κ1) is 32.5. The molecular weight excluding hydrogens is 594 g/mol. The monoisotopic (exact) mass is 626 g/mol. The molecule has 1 saturated carbocycles. The maximum absolute atomic E-state index is 13.7. The van der Waals surface area contributed by atoms with Crippen LogP contribution < -0.4 is 5.32 Å². The van der Waals surface area contributed by atoms with Crippen LogP contribution in [0.3, 0.4) is 0 Å². The molecule has 0 spiro atoms. The largest absolute Gasteiger partial charge is 0.416 e. The number of benzene rings is 3. The number of nitrogens with zero attached hydrogens (tertiary/aromatic N) is 1. The van der Waals surface area contributed by atoms with E-state index in [0.29, 0.717) is 37.8 Å². The smallest absolute Gasteiger partial charge is 0.352 e. The molecule has 1 fully saturated rings. The van der Waals surface area contributed by atoms with Gasteiger partial charge in [0.15, 0.2) is 0 Å². The van der Waals surface area contributed by atoms with E-state index in [1.807, 2.05) is 31.2 Å². The first-order valence-electron chi connectivity index (χ1n) is 13.8. The molecular formula is C31H32F6N2O3S. The molecule has 5 nitrogen and oxygen atoms in total. The lowest BCUT2D eigenvalue weighted by Crippen LogP contribution is -2.38. The molecule has 232 valence electrons. The highest BCUT2D eigenvalue weighted by Gasteiger charge is 2.40. The number of carbonyl (C=O) groups is 1. The second-order valence-electron chi connectivity index (χ2n) is 10.9. The van der Waals surface area contributed by atoms with Crippen LogP contribution in [0.5, 0.6) is 0 Å². The average molecular weight is 627 g/mol. The van der Waals surface area contributed by atoms with Gasteiger partial charge in [-0.05, 0) is 67.9 Å². The Labute approximate surface area is 247 Å². The molecule has 0 bridgehead atoms. The second kappa shape index (κ2) is 13.1. The molecule has 12 heteroatoms. The number of nitrogens with one attached hydrogen (secondary N) is 1.